The number of rotatable bonds is 1. The van der Waals surface area contributed by atoms with Crippen LogP contribution < -0.4 is 51.6 Å². The molecule has 0 spiro atoms. The van der Waals surface area contributed by atoms with Crippen LogP contribution in [0.15, 0.2) is 6.07 Å². The van der Waals surface area contributed by atoms with Crippen LogP contribution in [0.4, 0.5) is 51.2 Å². The van der Waals surface area contributed by atoms with E-state index in [0.29, 0.717) is 55.9 Å². The van der Waals surface area contributed by atoms with Crippen LogP contribution in [-0.4, -0.2) is 9.97 Å². The Kier molecular flexibility index (Phi) is 2.93. The molecule has 11 heteroatoms. The highest BCUT2D eigenvalue weighted by atomic mass is 14.9. The van der Waals surface area contributed by atoms with Gasteiger partial charge in [0, 0.05) is 5.39 Å². The molecule has 0 atom stereocenters. The monoisotopic (exact) mass is 367 g/mol. The Bertz CT molecular complexity index is 1260. The molecule has 0 unspecified atom stereocenters. The number of fused-ring (bicyclic) bond motifs is 2. The molecule has 0 saturated carbocycles. The SMILES string of the molecule is Nc1cc2c(N)c(-c3[nH]c4c(N)c(N)c(N)c(N)c4c3N)[nH]c2c(N)c1N. The highest BCUT2D eigenvalue weighted by Gasteiger charge is 2.23. The van der Waals surface area contributed by atoms with Gasteiger partial charge in [-0.1, -0.05) is 0 Å². The first-order valence-electron chi connectivity index (χ1n) is 7.93. The van der Waals surface area contributed by atoms with Crippen LogP contribution in [0.5, 0.6) is 0 Å². The first-order chi connectivity index (χ1) is 12.6. The number of hydrogen-bond acceptors (Lipinski definition) is 9. The van der Waals surface area contributed by atoms with Crippen LogP contribution in [0.2, 0.25) is 0 Å². The van der Waals surface area contributed by atoms with Crippen molar-refractivity contribution in [2.24, 2.45) is 0 Å². The van der Waals surface area contributed by atoms with Crippen LogP contribution in [0.25, 0.3) is 33.2 Å². The topological polar surface area (TPSA) is 266 Å². The summed E-state index contributed by atoms with van der Waals surface area (Å²) in [6.45, 7) is 0. The molecule has 4 rings (SSSR count). The second-order valence-corrected chi connectivity index (χ2v) is 6.45. The lowest BCUT2D eigenvalue weighted by Gasteiger charge is -2.09. The minimum absolute atomic E-state index is 0.173. The summed E-state index contributed by atoms with van der Waals surface area (Å²) in [7, 11) is 0. The van der Waals surface area contributed by atoms with E-state index < -0.39 is 0 Å². The van der Waals surface area contributed by atoms with Crippen molar-refractivity contribution in [3.63, 3.8) is 0 Å². The maximum Gasteiger partial charge on any atom is 0.0887 e. The van der Waals surface area contributed by atoms with E-state index in [1.165, 1.54) is 0 Å². The van der Waals surface area contributed by atoms with E-state index in [1.807, 2.05) is 0 Å². The molecule has 2 aromatic carbocycles. The van der Waals surface area contributed by atoms with Crippen molar-refractivity contribution < 1.29 is 0 Å². The van der Waals surface area contributed by atoms with E-state index in [1.54, 1.807) is 6.07 Å². The fraction of sp³-hybridized carbons (Fsp3) is 0. The van der Waals surface area contributed by atoms with E-state index in [4.69, 9.17) is 51.6 Å². The zero-order valence-corrected chi connectivity index (χ0v) is 14.3. The summed E-state index contributed by atoms with van der Waals surface area (Å²) in [6, 6.07) is 1.65. The Balaban J connectivity index is 2.11. The van der Waals surface area contributed by atoms with Crippen molar-refractivity contribution in [2.75, 3.05) is 51.6 Å². The van der Waals surface area contributed by atoms with Crippen molar-refractivity contribution in [3.8, 4) is 11.4 Å². The first kappa shape index (κ1) is 16.2. The average Bonchev–Trinajstić information content (AvgIpc) is 3.14. The Morgan fingerprint density at radius 3 is 1.67 bits per heavy atom. The summed E-state index contributed by atoms with van der Waals surface area (Å²) >= 11 is 0. The van der Waals surface area contributed by atoms with Gasteiger partial charge < -0.3 is 61.6 Å². The largest absolute Gasteiger partial charge is 0.397 e. The van der Waals surface area contributed by atoms with Crippen LogP contribution >= 0.6 is 0 Å². The first-order valence-corrected chi connectivity index (χ1v) is 7.93. The summed E-state index contributed by atoms with van der Waals surface area (Å²) in [5.74, 6) is 0. The van der Waals surface area contributed by atoms with Crippen molar-refractivity contribution in [3.05, 3.63) is 6.07 Å². The van der Waals surface area contributed by atoms with Gasteiger partial charge in [-0.3, -0.25) is 0 Å². The molecular formula is C16H21N11. The number of benzene rings is 2. The fourth-order valence-electron chi connectivity index (χ4n) is 3.36. The maximum absolute atomic E-state index is 6.33. The second kappa shape index (κ2) is 4.88. The predicted octanol–water partition coefficient (Wildman–Crippen LogP) is 0.556. The Morgan fingerprint density at radius 2 is 1.00 bits per heavy atom. The Hall–Kier alpha value is -4.28. The normalized spacial score (nSPS) is 11.6. The number of nitrogens with two attached hydrogens (primary N) is 9. The number of nitrogens with one attached hydrogen (secondary N) is 2. The molecule has 0 saturated heterocycles. The fourth-order valence-corrected chi connectivity index (χ4v) is 3.36. The van der Waals surface area contributed by atoms with Gasteiger partial charge in [-0.15, -0.1) is 0 Å². The van der Waals surface area contributed by atoms with Crippen LogP contribution in [0.1, 0.15) is 0 Å². The lowest BCUT2D eigenvalue weighted by atomic mass is 10.1. The van der Waals surface area contributed by atoms with Gasteiger partial charge in [-0.25, -0.2) is 0 Å². The molecule has 0 bridgehead atoms. The highest BCUT2D eigenvalue weighted by Crippen LogP contribution is 2.47. The molecule has 0 aliphatic heterocycles. The molecule has 20 N–H and O–H groups in total. The zero-order valence-electron chi connectivity index (χ0n) is 14.3. The third-order valence-electron chi connectivity index (χ3n) is 4.95. The molecule has 4 aromatic rings. The smallest absolute Gasteiger partial charge is 0.0887 e. The van der Waals surface area contributed by atoms with Gasteiger partial charge in [0.2, 0.25) is 0 Å². The third-order valence-corrected chi connectivity index (χ3v) is 4.95. The molecule has 2 heterocycles. The van der Waals surface area contributed by atoms with Crippen LogP contribution in [-0.2, 0) is 0 Å². The number of aromatic amines is 2. The van der Waals surface area contributed by atoms with Gasteiger partial charge in [0.15, 0.2) is 0 Å². The number of hydrogen-bond donors (Lipinski definition) is 11. The average molecular weight is 367 g/mol. The summed E-state index contributed by atoms with van der Waals surface area (Å²) in [4.78, 5) is 6.27. The molecule has 0 amide bonds. The summed E-state index contributed by atoms with van der Waals surface area (Å²) in [6.07, 6.45) is 0. The number of aromatic nitrogens is 2. The standard InChI is InChI=1S/C16H21N11/c17-3-1-2-5(18)15(26-13(2)11(24)6(3)19)16-8(21)4-7(20)9(22)10(23)12(25)14(4)27-16/h1,26-27H,17-25H2. The molecule has 140 valence electrons. The van der Waals surface area contributed by atoms with Crippen LogP contribution in [0.3, 0.4) is 0 Å². The van der Waals surface area contributed by atoms with Gasteiger partial charge in [-0.05, 0) is 6.07 Å². The summed E-state index contributed by atoms with van der Waals surface area (Å²) < 4.78 is 0. The van der Waals surface area contributed by atoms with Gasteiger partial charge >= 0.3 is 0 Å². The van der Waals surface area contributed by atoms with E-state index in [9.17, 15) is 0 Å². The molecule has 0 aliphatic carbocycles. The highest BCUT2D eigenvalue weighted by molar-refractivity contribution is 6.19. The second-order valence-electron chi connectivity index (χ2n) is 6.45. The van der Waals surface area contributed by atoms with Gasteiger partial charge in [0.25, 0.3) is 0 Å². The molecular weight excluding hydrogens is 346 g/mol. The number of H-pyrrole nitrogens is 2. The molecule has 0 radical (unpaired) electrons. The van der Waals surface area contributed by atoms with Gasteiger partial charge in [-0.2, -0.15) is 0 Å². The minimum Gasteiger partial charge on any atom is -0.397 e. The third kappa shape index (κ3) is 1.84. The van der Waals surface area contributed by atoms with Gasteiger partial charge in [0.1, 0.15) is 0 Å². The Morgan fingerprint density at radius 1 is 0.481 bits per heavy atom. The van der Waals surface area contributed by atoms with Crippen molar-refractivity contribution in [1.29, 1.82) is 0 Å². The molecule has 0 aliphatic rings. The summed E-state index contributed by atoms with van der Waals surface area (Å²) in [5, 5.41) is 1.09. The number of nitrogen functional groups attached to an aromatic ring is 9. The zero-order chi connectivity index (χ0) is 19.8. The van der Waals surface area contributed by atoms with E-state index in [0.717, 1.165) is 0 Å². The molecule has 11 nitrogen and oxygen atoms in total. The van der Waals surface area contributed by atoms with Gasteiger partial charge in [0.05, 0.1) is 79.0 Å². The molecule has 27 heavy (non-hydrogen) atoms. The summed E-state index contributed by atoms with van der Waals surface area (Å²) in [5.41, 5.74) is 59.0. The van der Waals surface area contributed by atoms with E-state index in [-0.39, 0.29) is 28.4 Å². The van der Waals surface area contributed by atoms with Crippen molar-refractivity contribution >= 4 is 73.0 Å². The van der Waals surface area contributed by atoms with Crippen molar-refractivity contribution in [2.45, 2.75) is 0 Å². The van der Waals surface area contributed by atoms with E-state index in [2.05, 4.69) is 9.97 Å². The quantitative estimate of drug-likeness (QED) is 0.209. The van der Waals surface area contributed by atoms with Crippen molar-refractivity contribution in [1.82, 2.24) is 9.97 Å². The number of anilines is 9. The lowest BCUT2D eigenvalue weighted by molar-refractivity contribution is 1.38. The Labute approximate surface area is 152 Å². The molecule has 2 aromatic heterocycles. The predicted molar refractivity (Wildman–Crippen MR) is 115 cm³/mol. The lowest BCUT2D eigenvalue weighted by Crippen LogP contribution is -2.05. The molecule has 0 fully saturated rings. The minimum atomic E-state index is 0.173. The van der Waals surface area contributed by atoms with Crippen LogP contribution in [0, 0.1) is 0 Å². The maximum atomic E-state index is 6.33. The van der Waals surface area contributed by atoms with E-state index >= 15 is 0 Å².